The molecule has 5 nitrogen and oxygen atoms in total. The molecule has 0 unspecified atom stereocenters. The number of amides is 1. The summed E-state index contributed by atoms with van der Waals surface area (Å²) in [6.45, 7) is 4.13. The van der Waals surface area contributed by atoms with Crippen LogP contribution in [-0.4, -0.2) is 16.1 Å². The van der Waals surface area contributed by atoms with Gasteiger partial charge in [0.25, 0.3) is 0 Å². The largest absolute Gasteiger partial charge is 0.365 e. The highest BCUT2D eigenvalue weighted by atomic mass is 19.1. The van der Waals surface area contributed by atoms with Crippen LogP contribution in [0.15, 0.2) is 36.4 Å². The van der Waals surface area contributed by atoms with Crippen molar-refractivity contribution in [2.75, 3.05) is 10.6 Å². The fourth-order valence-corrected chi connectivity index (χ4v) is 1.56. The standard InChI is InChI=1S/C15H17FN4O/c1-10(2)15(21)18-14-8-7-13(19-20-14)17-9-11-3-5-12(16)6-4-11/h3-8,10H,9H2,1-2H3,(H,17,19)(H,18,20,21). The number of hydrogen-bond donors (Lipinski definition) is 2. The van der Waals surface area contributed by atoms with E-state index >= 15 is 0 Å². The topological polar surface area (TPSA) is 66.9 Å². The first-order chi connectivity index (χ1) is 10.0. The van der Waals surface area contributed by atoms with Crippen LogP contribution in [0.5, 0.6) is 0 Å². The molecule has 1 amide bonds. The molecule has 0 saturated carbocycles. The van der Waals surface area contributed by atoms with Gasteiger partial charge in [-0.2, -0.15) is 0 Å². The molecular weight excluding hydrogens is 271 g/mol. The zero-order chi connectivity index (χ0) is 15.2. The molecule has 0 bridgehead atoms. The predicted octanol–water partition coefficient (Wildman–Crippen LogP) is 2.82. The lowest BCUT2D eigenvalue weighted by Gasteiger charge is -2.08. The number of carbonyl (C=O) groups excluding carboxylic acids is 1. The predicted molar refractivity (Wildman–Crippen MR) is 79.2 cm³/mol. The van der Waals surface area contributed by atoms with Crippen molar-refractivity contribution in [3.63, 3.8) is 0 Å². The van der Waals surface area contributed by atoms with Crippen molar-refractivity contribution in [1.29, 1.82) is 0 Å². The van der Waals surface area contributed by atoms with Crippen LogP contribution >= 0.6 is 0 Å². The molecule has 1 aromatic carbocycles. The lowest BCUT2D eigenvalue weighted by atomic mass is 10.2. The van der Waals surface area contributed by atoms with Crippen molar-refractivity contribution in [2.24, 2.45) is 5.92 Å². The van der Waals surface area contributed by atoms with Gasteiger partial charge in [-0.3, -0.25) is 4.79 Å². The number of carbonyl (C=O) groups is 1. The van der Waals surface area contributed by atoms with Gasteiger partial charge in [0.1, 0.15) is 11.6 Å². The number of nitrogens with zero attached hydrogens (tertiary/aromatic N) is 2. The summed E-state index contributed by atoms with van der Waals surface area (Å²) >= 11 is 0. The molecule has 0 aliphatic carbocycles. The summed E-state index contributed by atoms with van der Waals surface area (Å²) in [7, 11) is 0. The average Bonchev–Trinajstić information content (AvgIpc) is 2.48. The van der Waals surface area contributed by atoms with Crippen molar-refractivity contribution in [1.82, 2.24) is 10.2 Å². The highest BCUT2D eigenvalue weighted by Gasteiger charge is 2.08. The summed E-state index contributed by atoms with van der Waals surface area (Å²) in [6.07, 6.45) is 0. The normalized spacial score (nSPS) is 10.5. The summed E-state index contributed by atoms with van der Waals surface area (Å²) in [5, 5.41) is 13.6. The Bertz CT molecular complexity index is 596. The van der Waals surface area contributed by atoms with E-state index in [1.54, 1.807) is 38.1 Å². The Morgan fingerprint density at radius 2 is 1.71 bits per heavy atom. The molecule has 1 heterocycles. The van der Waals surface area contributed by atoms with Crippen molar-refractivity contribution < 1.29 is 9.18 Å². The molecule has 1 aromatic heterocycles. The number of hydrogen-bond acceptors (Lipinski definition) is 4. The van der Waals surface area contributed by atoms with Crippen molar-refractivity contribution in [3.8, 4) is 0 Å². The Morgan fingerprint density at radius 1 is 1.10 bits per heavy atom. The van der Waals surface area contributed by atoms with Crippen LogP contribution in [-0.2, 0) is 11.3 Å². The maximum absolute atomic E-state index is 12.8. The second-order valence-electron chi connectivity index (χ2n) is 4.93. The van der Waals surface area contributed by atoms with Gasteiger partial charge in [-0.1, -0.05) is 26.0 Å². The third-order valence-electron chi connectivity index (χ3n) is 2.83. The van der Waals surface area contributed by atoms with Gasteiger partial charge in [0.2, 0.25) is 5.91 Å². The molecule has 0 saturated heterocycles. The van der Waals surface area contributed by atoms with E-state index in [0.29, 0.717) is 18.2 Å². The van der Waals surface area contributed by atoms with Gasteiger partial charge in [0.05, 0.1) is 0 Å². The summed E-state index contributed by atoms with van der Waals surface area (Å²) in [5.41, 5.74) is 0.940. The lowest BCUT2D eigenvalue weighted by Crippen LogP contribution is -2.18. The Kier molecular flexibility index (Phi) is 4.81. The summed E-state index contributed by atoms with van der Waals surface area (Å²) in [6, 6.07) is 9.63. The second-order valence-corrected chi connectivity index (χ2v) is 4.93. The van der Waals surface area contributed by atoms with E-state index in [1.807, 2.05) is 0 Å². The van der Waals surface area contributed by atoms with Gasteiger partial charge in [-0.25, -0.2) is 4.39 Å². The van der Waals surface area contributed by atoms with E-state index < -0.39 is 0 Å². The first-order valence-corrected chi connectivity index (χ1v) is 6.67. The van der Waals surface area contributed by atoms with Crippen LogP contribution in [0.3, 0.4) is 0 Å². The zero-order valence-corrected chi connectivity index (χ0v) is 11.9. The molecule has 21 heavy (non-hydrogen) atoms. The van der Waals surface area contributed by atoms with Crippen LogP contribution < -0.4 is 10.6 Å². The Balaban J connectivity index is 1.90. The number of anilines is 2. The molecule has 0 atom stereocenters. The number of nitrogens with one attached hydrogen (secondary N) is 2. The van der Waals surface area contributed by atoms with Gasteiger partial charge < -0.3 is 10.6 Å². The number of halogens is 1. The average molecular weight is 288 g/mol. The lowest BCUT2D eigenvalue weighted by molar-refractivity contribution is -0.118. The highest BCUT2D eigenvalue weighted by Crippen LogP contribution is 2.10. The third-order valence-corrected chi connectivity index (χ3v) is 2.83. The van der Waals surface area contributed by atoms with E-state index in [-0.39, 0.29) is 17.6 Å². The van der Waals surface area contributed by atoms with Gasteiger partial charge >= 0.3 is 0 Å². The maximum Gasteiger partial charge on any atom is 0.228 e. The molecule has 2 rings (SSSR count). The van der Waals surface area contributed by atoms with E-state index in [1.165, 1.54) is 12.1 Å². The van der Waals surface area contributed by atoms with Gasteiger partial charge in [0.15, 0.2) is 5.82 Å². The van der Waals surface area contributed by atoms with Crippen LogP contribution in [0.25, 0.3) is 0 Å². The molecule has 2 aromatic rings. The fraction of sp³-hybridized carbons (Fsp3) is 0.267. The molecule has 6 heteroatoms. The minimum Gasteiger partial charge on any atom is -0.365 e. The summed E-state index contributed by atoms with van der Waals surface area (Å²) < 4.78 is 12.8. The first kappa shape index (κ1) is 14.9. The molecule has 0 fully saturated rings. The molecule has 0 aliphatic heterocycles. The quantitative estimate of drug-likeness (QED) is 0.888. The van der Waals surface area contributed by atoms with Crippen molar-refractivity contribution in [2.45, 2.75) is 20.4 Å². The summed E-state index contributed by atoms with van der Waals surface area (Å²) in [5.74, 6) is 0.533. The maximum atomic E-state index is 12.8. The summed E-state index contributed by atoms with van der Waals surface area (Å²) in [4.78, 5) is 11.5. The molecule has 0 aliphatic rings. The second kappa shape index (κ2) is 6.78. The first-order valence-electron chi connectivity index (χ1n) is 6.67. The van der Waals surface area contributed by atoms with Gasteiger partial charge in [-0.05, 0) is 29.8 Å². The minimum atomic E-state index is -0.260. The molecule has 110 valence electrons. The highest BCUT2D eigenvalue weighted by molar-refractivity contribution is 5.91. The monoisotopic (exact) mass is 288 g/mol. The van der Waals surface area contributed by atoms with E-state index in [0.717, 1.165) is 5.56 Å². The smallest absolute Gasteiger partial charge is 0.228 e. The zero-order valence-electron chi connectivity index (χ0n) is 11.9. The van der Waals surface area contributed by atoms with Crippen molar-refractivity contribution >= 4 is 17.5 Å². The van der Waals surface area contributed by atoms with E-state index in [4.69, 9.17) is 0 Å². The number of rotatable bonds is 5. The molecule has 0 radical (unpaired) electrons. The van der Waals surface area contributed by atoms with E-state index in [2.05, 4.69) is 20.8 Å². The number of benzene rings is 1. The van der Waals surface area contributed by atoms with Crippen LogP contribution in [0.2, 0.25) is 0 Å². The Labute approximate surface area is 122 Å². The van der Waals surface area contributed by atoms with Crippen LogP contribution in [0.1, 0.15) is 19.4 Å². The minimum absolute atomic E-state index is 0.101. The van der Waals surface area contributed by atoms with E-state index in [9.17, 15) is 9.18 Å². The Hall–Kier alpha value is -2.50. The van der Waals surface area contributed by atoms with Crippen LogP contribution in [0.4, 0.5) is 16.0 Å². The molecular formula is C15H17FN4O. The number of aromatic nitrogens is 2. The molecule has 2 N–H and O–H groups in total. The fourth-order valence-electron chi connectivity index (χ4n) is 1.56. The molecule has 0 spiro atoms. The van der Waals surface area contributed by atoms with Gasteiger partial charge in [-0.15, -0.1) is 10.2 Å². The van der Waals surface area contributed by atoms with Gasteiger partial charge in [0, 0.05) is 12.5 Å². The Morgan fingerprint density at radius 3 is 2.29 bits per heavy atom. The van der Waals surface area contributed by atoms with Crippen LogP contribution in [0, 0.1) is 11.7 Å². The van der Waals surface area contributed by atoms with Crippen molar-refractivity contribution in [3.05, 3.63) is 47.8 Å². The SMILES string of the molecule is CC(C)C(=O)Nc1ccc(NCc2ccc(F)cc2)nn1. The third kappa shape index (κ3) is 4.52.